The van der Waals surface area contributed by atoms with Gasteiger partial charge in [-0.15, -0.1) is 0 Å². The van der Waals surface area contributed by atoms with Gasteiger partial charge in [0, 0.05) is 29.8 Å². The summed E-state index contributed by atoms with van der Waals surface area (Å²) >= 11 is 0. The van der Waals surface area contributed by atoms with Crippen LogP contribution in [0.3, 0.4) is 0 Å². The van der Waals surface area contributed by atoms with E-state index in [0.29, 0.717) is 5.75 Å². The molecular formula is C21H28N6OS. The minimum absolute atomic E-state index is 0.596. The topological polar surface area (TPSA) is 75.8 Å². The summed E-state index contributed by atoms with van der Waals surface area (Å²) in [7, 11) is -1.21. The fourth-order valence-electron chi connectivity index (χ4n) is 3.88. The highest BCUT2D eigenvalue weighted by molar-refractivity contribution is 7.83. The Morgan fingerprint density at radius 3 is 2.79 bits per heavy atom. The third-order valence-electron chi connectivity index (χ3n) is 5.38. The molecule has 2 aromatic heterocycles. The van der Waals surface area contributed by atoms with E-state index in [1.807, 2.05) is 11.4 Å². The number of nitrogens with zero attached hydrogens (tertiary/aromatic N) is 6. The normalized spacial score (nSPS) is 16.7. The van der Waals surface area contributed by atoms with Crippen LogP contribution in [0, 0.1) is 6.92 Å². The van der Waals surface area contributed by atoms with Crippen LogP contribution in [0.1, 0.15) is 57.1 Å². The lowest BCUT2D eigenvalue weighted by Gasteiger charge is -2.28. The first-order chi connectivity index (χ1) is 14.1. The Morgan fingerprint density at radius 2 is 2.03 bits per heavy atom. The smallest absolute Gasteiger partial charge is 0.229 e. The highest BCUT2D eigenvalue weighted by atomic mass is 32.2. The predicted molar refractivity (Wildman–Crippen MR) is 119 cm³/mol. The molecule has 1 aliphatic heterocycles. The van der Waals surface area contributed by atoms with E-state index < -0.39 is 11.0 Å². The second kappa shape index (κ2) is 8.57. The molecule has 3 heterocycles. The summed E-state index contributed by atoms with van der Waals surface area (Å²) in [5.41, 5.74) is 4.44. The van der Waals surface area contributed by atoms with Crippen molar-refractivity contribution in [2.24, 2.45) is 4.40 Å². The standard InChI is InChI=1S/C21H28N6OS/c1-4-5-11-29(28)25-16(3)17-12-15(2)13-18-19(17)24-21(26-9-7-6-8-10-26)27-20(18)22-14-23-27/h12-14H,4-11H2,1-3H3/b25-16-. The van der Waals surface area contributed by atoms with Gasteiger partial charge < -0.3 is 4.90 Å². The van der Waals surface area contributed by atoms with Gasteiger partial charge in [-0.3, -0.25) is 0 Å². The zero-order valence-corrected chi connectivity index (χ0v) is 18.2. The number of rotatable bonds is 6. The number of fused-ring (bicyclic) bond motifs is 3. The molecule has 8 heteroatoms. The van der Waals surface area contributed by atoms with Crippen molar-refractivity contribution in [2.45, 2.75) is 52.9 Å². The number of hydrogen-bond donors (Lipinski definition) is 0. The molecule has 0 radical (unpaired) electrons. The number of piperidine rings is 1. The van der Waals surface area contributed by atoms with Gasteiger partial charge in [-0.2, -0.15) is 14.0 Å². The Bertz CT molecular complexity index is 1080. The zero-order valence-electron chi connectivity index (χ0n) is 17.4. The minimum atomic E-state index is -1.21. The molecule has 154 valence electrons. The maximum Gasteiger partial charge on any atom is 0.229 e. The number of aromatic nitrogens is 4. The molecule has 7 nitrogen and oxygen atoms in total. The van der Waals surface area contributed by atoms with Crippen molar-refractivity contribution < 1.29 is 4.21 Å². The Morgan fingerprint density at radius 1 is 1.24 bits per heavy atom. The van der Waals surface area contributed by atoms with Crippen LogP contribution >= 0.6 is 0 Å². The fraction of sp³-hybridized carbons (Fsp3) is 0.524. The summed E-state index contributed by atoms with van der Waals surface area (Å²) in [6.45, 7) is 8.02. The molecule has 4 rings (SSSR count). The van der Waals surface area contributed by atoms with Crippen molar-refractivity contribution in [3.05, 3.63) is 29.6 Å². The maximum absolute atomic E-state index is 12.4. The summed E-state index contributed by atoms with van der Waals surface area (Å²) < 4.78 is 18.7. The van der Waals surface area contributed by atoms with E-state index in [0.717, 1.165) is 78.1 Å². The Kier molecular flexibility index (Phi) is 5.89. The first kappa shape index (κ1) is 19.9. The minimum Gasteiger partial charge on any atom is -0.341 e. The highest BCUT2D eigenvalue weighted by Crippen LogP contribution is 2.28. The quantitative estimate of drug-likeness (QED) is 0.575. The van der Waals surface area contributed by atoms with Gasteiger partial charge in [-0.1, -0.05) is 13.3 Å². The van der Waals surface area contributed by atoms with E-state index in [-0.39, 0.29) is 0 Å². The van der Waals surface area contributed by atoms with Crippen molar-refractivity contribution in [1.29, 1.82) is 0 Å². The van der Waals surface area contributed by atoms with E-state index in [9.17, 15) is 4.21 Å². The van der Waals surface area contributed by atoms with E-state index in [4.69, 9.17) is 4.98 Å². The summed E-state index contributed by atoms with van der Waals surface area (Å²) in [4.78, 5) is 11.9. The molecule has 0 spiro atoms. The monoisotopic (exact) mass is 412 g/mol. The van der Waals surface area contributed by atoms with Crippen molar-refractivity contribution in [2.75, 3.05) is 23.7 Å². The second-order valence-corrected chi connectivity index (χ2v) is 8.95. The molecule has 1 aliphatic rings. The molecule has 3 aromatic rings. The number of unbranched alkanes of at least 4 members (excludes halogenated alkanes) is 1. The van der Waals surface area contributed by atoms with Crippen molar-refractivity contribution in [1.82, 2.24) is 19.6 Å². The number of anilines is 1. The lowest BCUT2D eigenvalue weighted by atomic mass is 10.0. The van der Waals surface area contributed by atoms with Crippen molar-refractivity contribution in [3.8, 4) is 0 Å². The number of aryl methyl sites for hydroxylation is 1. The largest absolute Gasteiger partial charge is 0.341 e. The average molecular weight is 413 g/mol. The first-order valence-corrected chi connectivity index (χ1v) is 11.7. The highest BCUT2D eigenvalue weighted by Gasteiger charge is 2.20. The van der Waals surface area contributed by atoms with E-state index in [1.165, 1.54) is 6.42 Å². The zero-order chi connectivity index (χ0) is 20.4. The Hall–Kier alpha value is -2.35. The van der Waals surface area contributed by atoms with Gasteiger partial charge in [-0.05, 0) is 57.2 Å². The lowest BCUT2D eigenvalue weighted by molar-refractivity contribution is 0.563. The lowest BCUT2D eigenvalue weighted by Crippen LogP contribution is -2.32. The van der Waals surface area contributed by atoms with Crippen LogP contribution in [0.4, 0.5) is 5.95 Å². The number of benzene rings is 1. The molecule has 0 aliphatic carbocycles. The van der Waals surface area contributed by atoms with Gasteiger partial charge in [0.1, 0.15) is 17.3 Å². The third-order valence-corrected chi connectivity index (χ3v) is 6.50. The molecule has 1 saturated heterocycles. The van der Waals surface area contributed by atoms with Gasteiger partial charge in [0.25, 0.3) is 0 Å². The maximum atomic E-state index is 12.4. The number of hydrogen-bond acceptors (Lipinski definition) is 5. The summed E-state index contributed by atoms with van der Waals surface area (Å²) in [6.07, 6.45) is 7.09. The summed E-state index contributed by atoms with van der Waals surface area (Å²) in [6, 6.07) is 4.18. The Balaban J connectivity index is 1.88. The Labute approximate surface area is 173 Å². The fourth-order valence-corrected chi connectivity index (χ4v) is 4.91. The summed E-state index contributed by atoms with van der Waals surface area (Å²) in [5.74, 6) is 1.42. The van der Waals surface area contributed by atoms with Gasteiger partial charge in [-0.25, -0.2) is 14.2 Å². The van der Waals surface area contributed by atoms with Gasteiger partial charge in [0.15, 0.2) is 5.65 Å². The molecule has 1 aromatic carbocycles. The molecule has 0 amide bonds. The van der Waals surface area contributed by atoms with E-state index in [2.05, 4.69) is 45.4 Å². The van der Waals surface area contributed by atoms with Crippen LogP contribution in [-0.4, -0.2) is 48.3 Å². The van der Waals surface area contributed by atoms with Crippen molar-refractivity contribution in [3.63, 3.8) is 0 Å². The van der Waals surface area contributed by atoms with E-state index in [1.54, 1.807) is 6.33 Å². The second-order valence-electron chi connectivity index (χ2n) is 7.72. The predicted octanol–water partition coefficient (Wildman–Crippen LogP) is 3.85. The van der Waals surface area contributed by atoms with Crippen molar-refractivity contribution >= 4 is 39.2 Å². The van der Waals surface area contributed by atoms with Gasteiger partial charge in [0.05, 0.1) is 11.2 Å². The molecule has 1 unspecified atom stereocenters. The molecular weight excluding hydrogens is 384 g/mol. The van der Waals surface area contributed by atoms with Crippen LogP contribution in [-0.2, 0) is 11.0 Å². The first-order valence-electron chi connectivity index (χ1n) is 10.4. The molecule has 0 N–H and O–H groups in total. The molecule has 0 saturated carbocycles. The summed E-state index contributed by atoms with van der Waals surface area (Å²) in [5, 5.41) is 5.40. The molecule has 1 fully saturated rings. The van der Waals surface area contributed by atoms with Crippen LogP contribution in [0.25, 0.3) is 16.6 Å². The van der Waals surface area contributed by atoms with Crippen LogP contribution in [0.2, 0.25) is 0 Å². The van der Waals surface area contributed by atoms with Gasteiger partial charge in [0.2, 0.25) is 5.95 Å². The molecule has 0 bridgehead atoms. The SMILES string of the molecule is CCCCS(=O)/N=C(/C)c1cc(C)cc2c1nc(N1CCCCC1)n1ncnc21. The van der Waals surface area contributed by atoms with Crippen LogP contribution in [0.15, 0.2) is 22.9 Å². The van der Waals surface area contributed by atoms with Crippen LogP contribution < -0.4 is 4.90 Å². The average Bonchev–Trinajstić information content (AvgIpc) is 3.22. The van der Waals surface area contributed by atoms with Crippen LogP contribution in [0.5, 0.6) is 0 Å². The third kappa shape index (κ3) is 4.03. The molecule has 1 atom stereocenters. The van der Waals surface area contributed by atoms with Gasteiger partial charge >= 0.3 is 0 Å². The molecule has 29 heavy (non-hydrogen) atoms. The van der Waals surface area contributed by atoms with E-state index >= 15 is 0 Å².